The summed E-state index contributed by atoms with van der Waals surface area (Å²) in [5, 5.41) is 20.1. The maximum Gasteiger partial charge on any atom is 0.119 e. The summed E-state index contributed by atoms with van der Waals surface area (Å²) in [5.74, 6) is 1.26. The fraction of sp³-hybridized carbons (Fsp3) is 0.500. The molecule has 0 saturated carbocycles. The summed E-state index contributed by atoms with van der Waals surface area (Å²) in [7, 11) is 0. The molecule has 144 valence electrons. The molecule has 2 heteroatoms. The number of aromatic hydroxyl groups is 2. The van der Waals surface area contributed by atoms with Crippen LogP contribution in [0.1, 0.15) is 95.9 Å². The number of hydrogen-bond donors (Lipinski definition) is 2. The monoisotopic (exact) mass is 356 g/mol. The van der Waals surface area contributed by atoms with Gasteiger partial charge in [0.05, 0.1) is 0 Å². The second-order valence-electron chi connectivity index (χ2n) is 8.19. The smallest absolute Gasteiger partial charge is 0.119 e. The summed E-state index contributed by atoms with van der Waals surface area (Å²) in [4.78, 5) is 0. The lowest BCUT2D eigenvalue weighted by Crippen LogP contribution is -2.19. The minimum atomic E-state index is -0.200. The highest BCUT2D eigenvalue weighted by molar-refractivity contribution is 5.48. The molecule has 0 atom stereocenters. The lowest BCUT2D eigenvalue weighted by atomic mass is 9.76. The molecule has 0 heterocycles. The molecule has 0 saturated heterocycles. The maximum atomic E-state index is 10.1. The molecule has 0 bridgehead atoms. The zero-order valence-electron chi connectivity index (χ0n) is 17.7. The Morgan fingerprint density at radius 1 is 0.731 bits per heavy atom. The number of phenolic OH excluding ortho intramolecular Hbond substituents is 2. The van der Waals surface area contributed by atoms with Gasteiger partial charge in [0.2, 0.25) is 0 Å². The minimum absolute atomic E-state index is 0.200. The molecule has 0 aliphatic carbocycles. The van der Waals surface area contributed by atoms with Crippen LogP contribution in [0.15, 0.2) is 36.4 Å². The molecular weight excluding hydrogens is 320 g/mol. The third-order valence-corrected chi connectivity index (χ3v) is 4.74. The van der Waals surface area contributed by atoms with Crippen LogP contribution in [-0.2, 0) is 5.41 Å². The lowest BCUT2D eigenvalue weighted by Gasteiger charge is -2.28. The lowest BCUT2D eigenvalue weighted by molar-refractivity contribution is 0.463. The van der Waals surface area contributed by atoms with Gasteiger partial charge in [0.15, 0.2) is 0 Å². The first kappa shape index (κ1) is 22.1. The molecule has 0 fully saturated rings. The topological polar surface area (TPSA) is 40.5 Å². The van der Waals surface area contributed by atoms with Gasteiger partial charge in [-0.15, -0.1) is 0 Å². The van der Waals surface area contributed by atoms with Crippen molar-refractivity contribution in [3.8, 4) is 11.5 Å². The molecule has 2 N–H and O–H groups in total. The average molecular weight is 357 g/mol. The second-order valence-corrected chi connectivity index (χ2v) is 8.19. The molecule has 0 aromatic heterocycles. The van der Waals surface area contributed by atoms with Gasteiger partial charge in [-0.1, -0.05) is 86.1 Å². The molecule has 0 aliphatic heterocycles. The summed E-state index contributed by atoms with van der Waals surface area (Å²) in [6.07, 6.45) is 1.25. The van der Waals surface area contributed by atoms with Crippen molar-refractivity contribution in [3.05, 3.63) is 58.7 Å². The van der Waals surface area contributed by atoms with E-state index in [1.165, 1.54) is 17.5 Å². The second kappa shape index (κ2) is 9.12. The van der Waals surface area contributed by atoms with Crippen LogP contribution in [0.5, 0.6) is 11.5 Å². The van der Waals surface area contributed by atoms with Crippen molar-refractivity contribution < 1.29 is 10.2 Å². The molecule has 2 rings (SSSR count). The first-order valence-corrected chi connectivity index (χ1v) is 9.72. The van der Waals surface area contributed by atoms with E-state index in [-0.39, 0.29) is 17.3 Å². The number of hydrogen-bond acceptors (Lipinski definition) is 2. The van der Waals surface area contributed by atoms with Gasteiger partial charge < -0.3 is 10.2 Å². The van der Waals surface area contributed by atoms with E-state index in [1.807, 2.05) is 12.1 Å². The first-order chi connectivity index (χ1) is 12.1. The SMILES string of the molecule is CC(C)c1cc(C(C)(C)c2ccc(O)c(C(C)C)c2)ccc1O.CCC. The summed E-state index contributed by atoms with van der Waals surface area (Å²) in [6.45, 7) is 17.0. The van der Waals surface area contributed by atoms with Crippen LogP contribution in [0.2, 0.25) is 0 Å². The quantitative estimate of drug-likeness (QED) is 0.614. The van der Waals surface area contributed by atoms with Crippen molar-refractivity contribution >= 4 is 0 Å². The molecule has 2 aromatic carbocycles. The number of phenols is 2. The summed E-state index contributed by atoms with van der Waals surface area (Å²) < 4.78 is 0. The van der Waals surface area contributed by atoms with Crippen molar-refractivity contribution in [2.45, 2.75) is 79.1 Å². The highest BCUT2D eigenvalue weighted by atomic mass is 16.3. The van der Waals surface area contributed by atoms with E-state index in [0.717, 1.165) is 11.1 Å². The molecule has 0 spiro atoms. The molecule has 2 aromatic rings. The molecule has 0 amide bonds. The van der Waals surface area contributed by atoms with E-state index in [0.29, 0.717) is 11.5 Å². The van der Waals surface area contributed by atoms with E-state index >= 15 is 0 Å². The molecular formula is C24H36O2. The zero-order chi connectivity index (χ0) is 20.1. The van der Waals surface area contributed by atoms with E-state index in [1.54, 1.807) is 12.1 Å². The van der Waals surface area contributed by atoms with Gasteiger partial charge in [-0.3, -0.25) is 0 Å². The Bertz CT molecular complexity index is 653. The van der Waals surface area contributed by atoms with E-state index in [9.17, 15) is 10.2 Å². The van der Waals surface area contributed by atoms with Crippen LogP contribution >= 0.6 is 0 Å². The van der Waals surface area contributed by atoms with Crippen molar-refractivity contribution in [2.75, 3.05) is 0 Å². The largest absolute Gasteiger partial charge is 0.508 e. The standard InChI is InChI=1S/C21H28O2.C3H8/c1-13(2)17-11-15(7-9-19(17)22)21(5,6)16-8-10-20(23)18(12-16)14(3)4;1-3-2/h7-14,22-23H,1-6H3;3H2,1-2H3. The Labute approximate surface area is 159 Å². The predicted molar refractivity (Wildman–Crippen MR) is 112 cm³/mol. The van der Waals surface area contributed by atoms with Crippen molar-refractivity contribution in [1.82, 2.24) is 0 Å². The highest BCUT2D eigenvalue weighted by Crippen LogP contribution is 2.38. The Morgan fingerprint density at radius 2 is 1.04 bits per heavy atom. The molecule has 0 aliphatic rings. The Balaban J connectivity index is 0.00000105. The summed E-state index contributed by atoms with van der Waals surface area (Å²) in [5.41, 5.74) is 4.07. The van der Waals surface area contributed by atoms with E-state index in [2.05, 4.69) is 67.5 Å². The van der Waals surface area contributed by atoms with Gasteiger partial charge >= 0.3 is 0 Å². The normalized spacial score (nSPS) is 11.5. The predicted octanol–water partition coefficient (Wildman–Crippen LogP) is 7.09. The summed E-state index contributed by atoms with van der Waals surface area (Å²) >= 11 is 0. The van der Waals surface area contributed by atoms with Crippen molar-refractivity contribution in [3.63, 3.8) is 0 Å². The van der Waals surface area contributed by atoms with Gasteiger partial charge in [0.25, 0.3) is 0 Å². The van der Waals surface area contributed by atoms with Crippen molar-refractivity contribution in [1.29, 1.82) is 0 Å². The highest BCUT2D eigenvalue weighted by Gasteiger charge is 2.25. The fourth-order valence-electron chi connectivity index (χ4n) is 2.98. The van der Waals surface area contributed by atoms with Gasteiger partial charge in [0.1, 0.15) is 11.5 Å². The maximum absolute atomic E-state index is 10.1. The number of benzene rings is 2. The summed E-state index contributed by atoms with van der Waals surface area (Å²) in [6, 6.07) is 11.8. The van der Waals surface area contributed by atoms with Gasteiger partial charge in [0, 0.05) is 5.41 Å². The molecule has 2 nitrogen and oxygen atoms in total. The minimum Gasteiger partial charge on any atom is -0.508 e. The Kier molecular flexibility index (Phi) is 7.74. The Morgan fingerprint density at radius 3 is 1.31 bits per heavy atom. The third-order valence-electron chi connectivity index (χ3n) is 4.74. The molecule has 26 heavy (non-hydrogen) atoms. The van der Waals surface area contributed by atoms with E-state index < -0.39 is 0 Å². The van der Waals surface area contributed by atoms with Gasteiger partial charge in [-0.2, -0.15) is 0 Å². The first-order valence-electron chi connectivity index (χ1n) is 9.72. The molecule has 0 unspecified atom stereocenters. The van der Waals surface area contributed by atoms with Gasteiger partial charge in [-0.25, -0.2) is 0 Å². The van der Waals surface area contributed by atoms with E-state index in [4.69, 9.17) is 0 Å². The Hall–Kier alpha value is -1.96. The van der Waals surface area contributed by atoms with Crippen LogP contribution in [0.3, 0.4) is 0 Å². The van der Waals surface area contributed by atoms with Gasteiger partial charge in [-0.05, 0) is 46.2 Å². The molecule has 0 radical (unpaired) electrons. The van der Waals surface area contributed by atoms with Crippen LogP contribution in [0.4, 0.5) is 0 Å². The fourth-order valence-corrected chi connectivity index (χ4v) is 2.98. The van der Waals surface area contributed by atoms with Crippen molar-refractivity contribution in [2.24, 2.45) is 0 Å². The van der Waals surface area contributed by atoms with Crippen LogP contribution in [0.25, 0.3) is 0 Å². The van der Waals surface area contributed by atoms with Crippen LogP contribution < -0.4 is 0 Å². The number of rotatable bonds is 4. The zero-order valence-corrected chi connectivity index (χ0v) is 17.7. The third kappa shape index (κ3) is 5.03. The average Bonchev–Trinajstić information content (AvgIpc) is 2.55. The van der Waals surface area contributed by atoms with Crippen LogP contribution in [0, 0.1) is 0 Å². The van der Waals surface area contributed by atoms with Crippen LogP contribution in [-0.4, -0.2) is 10.2 Å².